The number of hydrogen-bond donors (Lipinski definition) is 2. The van der Waals surface area contributed by atoms with Crippen molar-refractivity contribution in [3.8, 4) is 11.8 Å². The molecule has 0 saturated carbocycles. The molecule has 1 rings (SSSR count). The van der Waals surface area contributed by atoms with Gasteiger partial charge < -0.3 is 0 Å². The number of nitrogens with one attached hydrogen (secondary N) is 1. The minimum atomic E-state index is -2.94. The second-order valence-electron chi connectivity index (χ2n) is 3.45. The Morgan fingerprint density at radius 3 is 2.79 bits per heavy atom. The number of rotatable bonds is 3. The molecule has 0 aliphatic carbocycles. The monoisotopic (exact) mass is 216 g/mol. The van der Waals surface area contributed by atoms with E-state index in [1.54, 1.807) is 6.92 Å². The van der Waals surface area contributed by atoms with E-state index in [0.717, 1.165) is 6.42 Å². The maximum atomic E-state index is 11.6. The topological polar surface area (TPSA) is 72.2 Å². The lowest BCUT2D eigenvalue weighted by atomic mass is 10.1. The first-order chi connectivity index (χ1) is 6.61. The van der Waals surface area contributed by atoms with Gasteiger partial charge in [-0.3, -0.25) is 11.3 Å². The maximum Gasteiger partial charge on any atom is 0.154 e. The number of hydrogen-bond acceptors (Lipinski definition) is 4. The van der Waals surface area contributed by atoms with Crippen LogP contribution in [0.1, 0.15) is 26.2 Å². The molecule has 0 spiro atoms. The first-order valence-corrected chi connectivity index (χ1v) is 6.40. The minimum Gasteiger partial charge on any atom is -0.271 e. The lowest BCUT2D eigenvalue weighted by molar-refractivity contribution is 0.487. The highest BCUT2D eigenvalue weighted by Gasteiger charge is 2.36. The first kappa shape index (κ1) is 11.5. The molecular formula is C9H16N2O2S. The van der Waals surface area contributed by atoms with Crippen LogP contribution >= 0.6 is 0 Å². The van der Waals surface area contributed by atoms with E-state index < -0.39 is 9.84 Å². The molecule has 0 radical (unpaired) electrons. The van der Waals surface area contributed by atoms with Crippen molar-refractivity contribution in [1.29, 1.82) is 0 Å². The third-order valence-electron chi connectivity index (χ3n) is 2.54. The van der Waals surface area contributed by atoms with Crippen molar-refractivity contribution in [2.24, 2.45) is 5.84 Å². The molecule has 3 N–H and O–H groups in total. The Balaban J connectivity index is 2.72. The molecule has 14 heavy (non-hydrogen) atoms. The Morgan fingerprint density at radius 2 is 2.36 bits per heavy atom. The zero-order chi connectivity index (χ0) is 10.6. The van der Waals surface area contributed by atoms with E-state index in [1.165, 1.54) is 0 Å². The van der Waals surface area contributed by atoms with E-state index in [2.05, 4.69) is 17.3 Å². The molecule has 1 heterocycles. The Bertz CT molecular complexity index is 340. The van der Waals surface area contributed by atoms with E-state index in [4.69, 9.17) is 5.84 Å². The summed E-state index contributed by atoms with van der Waals surface area (Å²) in [7, 11) is -2.94. The van der Waals surface area contributed by atoms with Gasteiger partial charge in [-0.25, -0.2) is 8.42 Å². The summed E-state index contributed by atoms with van der Waals surface area (Å²) in [5, 5.41) is -0.353. The van der Waals surface area contributed by atoms with Gasteiger partial charge in [-0.05, 0) is 19.8 Å². The molecule has 1 saturated heterocycles. The highest BCUT2D eigenvalue weighted by molar-refractivity contribution is 7.92. The summed E-state index contributed by atoms with van der Waals surface area (Å²) in [6.07, 6.45) is 1.93. The fraction of sp³-hybridized carbons (Fsp3) is 0.778. The standard InChI is InChI=1S/C9H16N2O2S/c1-2-3-5-8(11-10)9-6-4-7-14(9,12)13/h8-9,11H,4-7,10H2,1H3. The Labute approximate surface area is 85.1 Å². The lowest BCUT2D eigenvalue weighted by Gasteiger charge is -2.19. The van der Waals surface area contributed by atoms with Gasteiger partial charge in [0.1, 0.15) is 0 Å². The number of sulfone groups is 1. The minimum absolute atomic E-state index is 0.227. The van der Waals surface area contributed by atoms with Gasteiger partial charge in [0.2, 0.25) is 0 Å². The average Bonchev–Trinajstić information content (AvgIpc) is 2.48. The van der Waals surface area contributed by atoms with Crippen molar-refractivity contribution in [1.82, 2.24) is 5.43 Å². The summed E-state index contributed by atoms with van der Waals surface area (Å²) < 4.78 is 23.2. The van der Waals surface area contributed by atoms with Crippen molar-refractivity contribution in [3.63, 3.8) is 0 Å². The van der Waals surface area contributed by atoms with Gasteiger partial charge in [0, 0.05) is 12.5 Å². The fourth-order valence-corrected chi connectivity index (χ4v) is 3.85. The highest BCUT2D eigenvalue weighted by Crippen LogP contribution is 2.23. The third kappa shape index (κ3) is 2.47. The highest BCUT2D eigenvalue weighted by atomic mass is 32.2. The van der Waals surface area contributed by atoms with Gasteiger partial charge in [0.05, 0.1) is 11.0 Å². The van der Waals surface area contributed by atoms with Crippen LogP contribution < -0.4 is 11.3 Å². The Morgan fingerprint density at radius 1 is 1.64 bits per heavy atom. The van der Waals surface area contributed by atoms with Crippen LogP contribution in [0, 0.1) is 11.8 Å². The van der Waals surface area contributed by atoms with Crippen LogP contribution in [0.15, 0.2) is 0 Å². The Kier molecular flexibility index (Phi) is 3.93. The van der Waals surface area contributed by atoms with E-state index in [1.807, 2.05) is 0 Å². The molecule has 4 nitrogen and oxygen atoms in total. The molecule has 0 aromatic rings. The maximum absolute atomic E-state index is 11.6. The van der Waals surface area contributed by atoms with E-state index >= 15 is 0 Å². The van der Waals surface area contributed by atoms with Crippen LogP contribution in [0.25, 0.3) is 0 Å². The van der Waals surface area contributed by atoms with Gasteiger partial charge in [0.25, 0.3) is 0 Å². The van der Waals surface area contributed by atoms with Crippen LogP contribution in [0.4, 0.5) is 0 Å². The summed E-state index contributed by atoms with van der Waals surface area (Å²) in [4.78, 5) is 0. The van der Waals surface area contributed by atoms with Gasteiger partial charge in [-0.2, -0.15) is 0 Å². The summed E-state index contributed by atoms with van der Waals surface area (Å²) >= 11 is 0. The molecule has 1 aliphatic heterocycles. The second kappa shape index (κ2) is 4.78. The molecule has 2 unspecified atom stereocenters. The van der Waals surface area contributed by atoms with Crippen LogP contribution in [0.3, 0.4) is 0 Å². The summed E-state index contributed by atoms with van der Waals surface area (Å²) in [6.45, 7) is 1.73. The average molecular weight is 216 g/mol. The predicted molar refractivity (Wildman–Crippen MR) is 56.0 cm³/mol. The van der Waals surface area contributed by atoms with Crippen LogP contribution in [-0.4, -0.2) is 25.5 Å². The number of nitrogens with two attached hydrogens (primary N) is 1. The Hall–Kier alpha value is -0.570. The first-order valence-electron chi connectivity index (χ1n) is 4.69. The largest absolute Gasteiger partial charge is 0.271 e. The quantitative estimate of drug-likeness (QED) is 0.389. The van der Waals surface area contributed by atoms with Gasteiger partial charge in [-0.15, -0.1) is 11.8 Å². The zero-order valence-electron chi connectivity index (χ0n) is 8.29. The summed E-state index contributed by atoms with van der Waals surface area (Å²) in [5.41, 5.74) is 2.55. The van der Waals surface area contributed by atoms with Crippen molar-refractivity contribution in [2.75, 3.05) is 5.75 Å². The van der Waals surface area contributed by atoms with Gasteiger partial charge in [-0.1, -0.05) is 0 Å². The van der Waals surface area contributed by atoms with Gasteiger partial charge in [0.15, 0.2) is 9.84 Å². The van der Waals surface area contributed by atoms with E-state index in [0.29, 0.717) is 12.8 Å². The van der Waals surface area contributed by atoms with Crippen LogP contribution in [0.5, 0.6) is 0 Å². The summed E-state index contributed by atoms with van der Waals surface area (Å²) in [6, 6.07) is -0.227. The smallest absolute Gasteiger partial charge is 0.154 e. The summed E-state index contributed by atoms with van der Waals surface area (Å²) in [5.74, 6) is 11.2. The lowest BCUT2D eigenvalue weighted by Crippen LogP contribution is -2.45. The predicted octanol–water partition coefficient (Wildman–Crippen LogP) is -0.191. The zero-order valence-corrected chi connectivity index (χ0v) is 9.10. The third-order valence-corrected chi connectivity index (χ3v) is 4.88. The molecule has 0 amide bonds. The van der Waals surface area contributed by atoms with Crippen molar-refractivity contribution in [3.05, 3.63) is 0 Å². The fourth-order valence-electron chi connectivity index (χ4n) is 1.78. The molecule has 5 heteroatoms. The molecule has 0 aromatic carbocycles. The molecule has 1 aliphatic rings. The van der Waals surface area contributed by atoms with Crippen LogP contribution in [0.2, 0.25) is 0 Å². The molecule has 0 bridgehead atoms. The number of hydrazine groups is 1. The van der Waals surface area contributed by atoms with E-state index in [-0.39, 0.29) is 17.0 Å². The molecule has 0 aromatic heterocycles. The van der Waals surface area contributed by atoms with Crippen LogP contribution in [-0.2, 0) is 9.84 Å². The molecule has 80 valence electrons. The molecule has 2 atom stereocenters. The van der Waals surface area contributed by atoms with Gasteiger partial charge >= 0.3 is 0 Å². The van der Waals surface area contributed by atoms with E-state index in [9.17, 15) is 8.42 Å². The SMILES string of the molecule is CC#CCC(NN)C1CCCS1(=O)=O. The molecular weight excluding hydrogens is 200 g/mol. The normalized spacial score (nSPS) is 26.6. The molecule has 1 fully saturated rings. The van der Waals surface area contributed by atoms with Crippen molar-refractivity contribution in [2.45, 2.75) is 37.5 Å². The second-order valence-corrected chi connectivity index (χ2v) is 5.79. The van der Waals surface area contributed by atoms with Crippen molar-refractivity contribution >= 4 is 9.84 Å². The van der Waals surface area contributed by atoms with Crippen molar-refractivity contribution < 1.29 is 8.42 Å².